The number of benzene rings is 2. The van der Waals surface area contributed by atoms with Gasteiger partial charge in [-0.25, -0.2) is 0 Å². The van der Waals surface area contributed by atoms with Crippen molar-refractivity contribution >= 4 is 18.3 Å². The largest absolute Gasteiger partial charge is 0.508 e. The number of likely N-dealkylation sites (tertiary alicyclic amines) is 1. The number of aromatic hydroxyl groups is 1. The van der Waals surface area contributed by atoms with E-state index in [1.165, 1.54) is 0 Å². The topological polar surface area (TPSA) is 90.0 Å². The first-order valence-corrected chi connectivity index (χ1v) is 10.0. The Morgan fingerprint density at radius 2 is 1.93 bits per heavy atom. The Hall–Kier alpha value is -2.12. The molecule has 1 saturated heterocycles. The quantitative estimate of drug-likeness (QED) is 0.651. The van der Waals surface area contributed by atoms with Crippen LogP contribution in [-0.4, -0.2) is 59.6 Å². The molecule has 3 rings (SSSR count). The van der Waals surface area contributed by atoms with Crippen molar-refractivity contribution < 1.29 is 15.0 Å². The van der Waals surface area contributed by atoms with Crippen LogP contribution in [-0.2, 0) is 5.60 Å². The second-order valence-corrected chi connectivity index (χ2v) is 8.34. The highest BCUT2D eigenvalue weighted by atomic mass is 35.5. The maximum absolute atomic E-state index is 11.7. The molecular weight excluding hydrogens is 402 g/mol. The number of nitrogens with two attached hydrogens (primary N) is 1. The molecule has 1 aliphatic heterocycles. The van der Waals surface area contributed by atoms with Crippen LogP contribution in [0.1, 0.15) is 40.9 Å². The van der Waals surface area contributed by atoms with Crippen molar-refractivity contribution in [2.24, 2.45) is 11.7 Å². The summed E-state index contributed by atoms with van der Waals surface area (Å²) in [7, 11) is 4.01. The summed E-state index contributed by atoms with van der Waals surface area (Å²) in [5, 5.41) is 21.3. The van der Waals surface area contributed by atoms with Crippen molar-refractivity contribution in [3.63, 3.8) is 0 Å². The average Bonchev–Trinajstić information content (AvgIpc) is 2.69. The molecule has 6 nitrogen and oxygen atoms in total. The van der Waals surface area contributed by atoms with Gasteiger partial charge >= 0.3 is 0 Å². The molecule has 1 fully saturated rings. The summed E-state index contributed by atoms with van der Waals surface area (Å²) in [6, 6.07) is 14.5. The first-order chi connectivity index (χ1) is 13.7. The van der Waals surface area contributed by atoms with Crippen molar-refractivity contribution in [3.05, 3.63) is 65.2 Å². The molecule has 0 aromatic heterocycles. The number of nitrogens with zero attached hydrogens (tertiary/aromatic N) is 2. The number of piperidine rings is 1. The van der Waals surface area contributed by atoms with Crippen LogP contribution in [0.3, 0.4) is 0 Å². The lowest BCUT2D eigenvalue weighted by Gasteiger charge is -2.47. The van der Waals surface area contributed by atoms with Gasteiger partial charge in [0.25, 0.3) is 0 Å². The van der Waals surface area contributed by atoms with Crippen LogP contribution in [0, 0.1) is 5.92 Å². The molecule has 1 aliphatic rings. The second-order valence-electron chi connectivity index (χ2n) is 8.34. The Balaban J connectivity index is 0.00000320. The van der Waals surface area contributed by atoms with Gasteiger partial charge in [0.15, 0.2) is 0 Å². The summed E-state index contributed by atoms with van der Waals surface area (Å²) in [5.41, 5.74) is 6.72. The molecule has 0 aliphatic carbocycles. The van der Waals surface area contributed by atoms with Gasteiger partial charge in [0.05, 0.1) is 5.60 Å². The van der Waals surface area contributed by atoms with Gasteiger partial charge in [0.1, 0.15) is 5.75 Å². The number of halogens is 1. The number of hydrogen-bond donors (Lipinski definition) is 3. The molecular formula is C23H32ClN3O3. The standard InChI is InChI=1S/C23H31N3O3.ClH/c1-16(17-7-9-21(27)10-8-17)26-12-11-23(29,20(15-26)14-25(2)3)19-6-4-5-18(13-19)22(24)28;/h4-10,13,16,20,27,29H,11-12,14-15H2,1-3H3,(H2,24,28);1H. The number of carbonyl (C=O) groups is 1. The van der Waals surface area contributed by atoms with Crippen LogP contribution >= 0.6 is 12.4 Å². The van der Waals surface area contributed by atoms with Gasteiger partial charge in [0.2, 0.25) is 5.91 Å². The number of primary amides is 1. The van der Waals surface area contributed by atoms with E-state index in [-0.39, 0.29) is 30.1 Å². The van der Waals surface area contributed by atoms with E-state index < -0.39 is 11.5 Å². The molecule has 1 heterocycles. The summed E-state index contributed by atoms with van der Waals surface area (Å²) in [6.45, 7) is 4.31. The third-order valence-electron chi connectivity index (χ3n) is 6.07. The van der Waals surface area contributed by atoms with Gasteiger partial charge in [-0.3, -0.25) is 9.69 Å². The summed E-state index contributed by atoms with van der Waals surface area (Å²) in [5.74, 6) is -0.263. The first kappa shape index (κ1) is 24.2. The van der Waals surface area contributed by atoms with Crippen LogP contribution in [0.4, 0.5) is 0 Å². The van der Waals surface area contributed by atoms with E-state index in [1.807, 2.05) is 32.3 Å². The highest BCUT2D eigenvalue weighted by Crippen LogP contribution is 2.40. The molecule has 164 valence electrons. The molecule has 7 heteroatoms. The molecule has 0 spiro atoms. The predicted octanol–water partition coefficient (Wildman–Crippen LogP) is 2.75. The number of rotatable bonds is 6. The Bertz CT molecular complexity index is 859. The van der Waals surface area contributed by atoms with E-state index in [0.717, 1.165) is 30.8 Å². The van der Waals surface area contributed by atoms with Crippen molar-refractivity contribution in [3.8, 4) is 5.75 Å². The van der Waals surface area contributed by atoms with Crippen molar-refractivity contribution in [2.45, 2.75) is 25.0 Å². The van der Waals surface area contributed by atoms with Gasteiger partial charge in [-0.05, 0) is 62.8 Å². The molecule has 4 N–H and O–H groups in total. The number of phenols is 1. The van der Waals surface area contributed by atoms with E-state index in [2.05, 4.69) is 16.7 Å². The number of carbonyl (C=O) groups excluding carboxylic acids is 1. The maximum atomic E-state index is 11.7. The summed E-state index contributed by atoms with van der Waals surface area (Å²) < 4.78 is 0. The Kier molecular flexibility index (Phi) is 7.88. The molecule has 2 aromatic carbocycles. The SMILES string of the molecule is CC(c1ccc(O)cc1)N1CCC(O)(c2cccc(C(N)=O)c2)C(CN(C)C)C1.Cl. The highest BCUT2D eigenvalue weighted by Gasteiger charge is 2.44. The zero-order valence-electron chi connectivity index (χ0n) is 17.8. The molecule has 1 amide bonds. The van der Waals surface area contributed by atoms with Crippen LogP contribution in [0.15, 0.2) is 48.5 Å². The minimum absolute atomic E-state index is 0. The van der Waals surface area contributed by atoms with Crippen LogP contribution in [0.5, 0.6) is 5.75 Å². The van der Waals surface area contributed by atoms with Crippen molar-refractivity contribution in [2.75, 3.05) is 33.7 Å². The zero-order chi connectivity index (χ0) is 21.2. The lowest BCUT2D eigenvalue weighted by molar-refractivity contribution is -0.0916. The molecule has 0 radical (unpaired) electrons. The highest BCUT2D eigenvalue weighted by molar-refractivity contribution is 5.92. The fourth-order valence-electron chi connectivity index (χ4n) is 4.33. The van der Waals surface area contributed by atoms with Gasteiger partial charge in [0, 0.05) is 37.2 Å². The fraction of sp³-hybridized carbons (Fsp3) is 0.435. The number of phenolic OH excluding ortho intramolecular Hbond substituents is 1. The van der Waals surface area contributed by atoms with E-state index >= 15 is 0 Å². The average molecular weight is 434 g/mol. The van der Waals surface area contributed by atoms with Gasteiger partial charge < -0.3 is 20.8 Å². The van der Waals surface area contributed by atoms with Crippen LogP contribution < -0.4 is 5.73 Å². The number of hydrogen-bond acceptors (Lipinski definition) is 5. The van der Waals surface area contributed by atoms with E-state index in [0.29, 0.717) is 12.0 Å². The third kappa shape index (κ3) is 5.13. The minimum Gasteiger partial charge on any atom is -0.508 e. The molecule has 3 unspecified atom stereocenters. The van der Waals surface area contributed by atoms with Crippen LogP contribution in [0.25, 0.3) is 0 Å². The Labute approximate surface area is 184 Å². The van der Waals surface area contributed by atoms with Gasteiger partial charge in [-0.15, -0.1) is 12.4 Å². The minimum atomic E-state index is -1.03. The third-order valence-corrected chi connectivity index (χ3v) is 6.07. The van der Waals surface area contributed by atoms with Crippen molar-refractivity contribution in [1.29, 1.82) is 0 Å². The molecule has 3 atom stereocenters. The number of amides is 1. The number of aliphatic hydroxyl groups is 1. The molecule has 2 aromatic rings. The van der Waals surface area contributed by atoms with E-state index in [9.17, 15) is 15.0 Å². The second kappa shape index (κ2) is 9.79. The lowest BCUT2D eigenvalue weighted by Crippen LogP contribution is -2.53. The van der Waals surface area contributed by atoms with Crippen molar-refractivity contribution in [1.82, 2.24) is 9.80 Å². The Morgan fingerprint density at radius 1 is 1.27 bits per heavy atom. The monoisotopic (exact) mass is 433 g/mol. The molecule has 0 bridgehead atoms. The fourth-order valence-corrected chi connectivity index (χ4v) is 4.33. The maximum Gasteiger partial charge on any atom is 0.248 e. The summed E-state index contributed by atoms with van der Waals surface area (Å²) in [4.78, 5) is 16.1. The normalized spacial score (nSPS) is 23.0. The first-order valence-electron chi connectivity index (χ1n) is 10.0. The lowest BCUT2D eigenvalue weighted by atomic mass is 9.74. The zero-order valence-corrected chi connectivity index (χ0v) is 18.6. The summed E-state index contributed by atoms with van der Waals surface area (Å²) in [6.07, 6.45) is 0.566. The smallest absolute Gasteiger partial charge is 0.248 e. The van der Waals surface area contributed by atoms with Gasteiger partial charge in [-0.2, -0.15) is 0 Å². The molecule has 30 heavy (non-hydrogen) atoms. The van der Waals surface area contributed by atoms with Gasteiger partial charge in [-0.1, -0.05) is 24.3 Å². The van der Waals surface area contributed by atoms with E-state index in [1.54, 1.807) is 30.3 Å². The predicted molar refractivity (Wildman–Crippen MR) is 121 cm³/mol. The molecule has 0 saturated carbocycles. The summed E-state index contributed by atoms with van der Waals surface area (Å²) >= 11 is 0. The Morgan fingerprint density at radius 3 is 2.53 bits per heavy atom. The van der Waals surface area contributed by atoms with Crippen LogP contribution in [0.2, 0.25) is 0 Å². The van der Waals surface area contributed by atoms with E-state index in [4.69, 9.17) is 5.73 Å².